The summed E-state index contributed by atoms with van der Waals surface area (Å²) in [7, 11) is -1.83. The molecule has 6 nitrogen and oxygen atoms in total. The number of sulfonamides is 1. The van der Waals surface area contributed by atoms with E-state index in [-0.39, 0.29) is 17.8 Å². The zero-order valence-electron chi connectivity index (χ0n) is 15.6. The molecule has 1 aromatic heterocycles. The number of nitrogens with one attached hydrogen (secondary N) is 3. The van der Waals surface area contributed by atoms with Gasteiger partial charge in [-0.2, -0.15) is 0 Å². The molecule has 1 aromatic carbocycles. The molecule has 0 spiro atoms. The van der Waals surface area contributed by atoms with Crippen molar-refractivity contribution >= 4 is 27.3 Å². The molecule has 0 fully saturated rings. The summed E-state index contributed by atoms with van der Waals surface area (Å²) < 4.78 is 40.4. The number of aliphatic imine (C=N–C) groups is 1. The minimum Gasteiger partial charge on any atom is -0.356 e. The van der Waals surface area contributed by atoms with Crippen molar-refractivity contribution in [2.75, 3.05) is 26.7 Å². The fourth-order valence-electron chi connectivity index (χ4n) is 2.39. The molecule has 0 aliphatic carbocycles. The molecule has 0 saturated heterocycles. The predicted octanol–water partition coefficient (Wildman–Crippen LogP) is 2.31. The van der Waals surface area contributed by atoms with Gasteiger partial charge in [-0.15, -0.1) is 11.3 Å². The smallest absolute Gasteiger partial charge is 0.250 e. The topological polar surface area (TPSA) is 82.6 Å². The minimum atomic E-state index is -3.46. The molecule has 0 saturated carbocycles. The SMILES string of the molecule is CN=C(NCCNS(=O)(=O)c1cccs1)NCC(C)(C)c1cccc(F)c1. The van der Waals surface area contributed by atoms with E-state index in [1.807, 2.05) is 19.9 Å². The van der Waals surface area contributed by atoms with E-state index >= 15 is 0 Å². The Morgan fingerprint density at radius 3 is 2.59 bits per heavy atom. The molecule has 0 radical (unpaired) electrons. The summed E-state index contributed by atoms with van der Waals surface area (Å²) in [6.07, 6.45) is 0. The Labute approximate surface area is 164 Å². The third-order valence-corrected chi connectivity index (χ3v) is 6.86. The van der Waals surface area contributed by atoms with E-state index in [4.69, 9.17) is 0 Å². The number of rotatable bonds is 8. The second kappa shape index (κ2) is 9.29. The molecule has 0 bridgehead atoms. The Morgan fingerprint density at radius 1 is 1.19 bits per heavy atom. The van der Waals surface area contributed by atoms with E-state index in [1.165, 1.54) is 23.5 Å². The summed E-state index contributed by atoms with van der Waals surface area (Å²) in [5, 5.41) is 7.98. The summed E-state index contributed by atoms with van der Waals surface area (Å²) in [6.45, 7) is 5.17. The van der Waals surface area contributed by atoms with E-state index in [9.17, 15) is 12.8 Å². The van der Waals surface area contributed by atoms with Crippen molar-refractivity contribution in [1.82, 2.24) is 15.4 Å². The Hall–Kier alpha value is -1.97. The van der Waals surface area contributed by atoms with Gasteiger partial charge in [0.1, 0.15) is 10.0 Å². The Kier molecular flexibility index (Phi) is 7.34. The Bertz CT molecular complexity index is 865. The Morgan fingerprint density at radius 2 is 1.96 bits per heavy atom. The first-order valence-electron chi connectivity index (χ1n) is 8.48. The molecule has 27 heavy (non-hydrogen) atoms. The van der Waals surface area contributed by atoms with Crippen molar-refractivity contribution in [2.45, 2.75) is 23.5 Å². The highest BCUT2D eigenvalue weighted by atomic mass is 32.2. The number of hydrogen-bond acceptors (Lipinski definition) is 4. The van der Waals surface area contributed by atoms with Crippen LogP contribution in [0.5, 0.6) is 0 Å². The summed E-state index contributed by atoms with van der Waals surface area (Å²) >= 11 is 1.17. The highest BCUT2D eigenvalue weighted by Crippen LogP contribution is 2.22. The van der Waals surface area contributed by atoms with Crippen LogP contribution in [0.15, 0.2) is 51.0 Å². The summed E-state index contributed by atoms with van der Waals surface area (Å²) in [6, 6.07) is 9.79. The van der Waals surface area contributed by atoms with Gasteiger partial charge in [0, 0.05) is 32.1 Å². The predicted molar refractivity (Wildman–Crippen MR) is 108 cm³/mol. The van der Waals surface area contributed by atoms with E-state index in [1.54, 1.807) is 30.6 Å². The molecule has 0 unspecified atom stereocenters. The number of thiophene rings is 1. The van der Waals surface area contributed by atoms with Crippen molar-refractivity contribution < 1.29 is 12.8 Å². The first kappa shape index (κ1) is 21.3. The summed E-state index contributed by atoms with van der Waals surface area (Å²) in [5.74, 6) is 0.288. The van der Waals surface area contributed by atoms with E-state index < -0.39 is 10.0 Å². The van der Waals surface area contributed by atoms with Crippen LogP contribution in [0, 0.1) is 5.82 Å². The van der Waals surface area contributed by atoms with Gasteiger partial charge in [-0.3, -0.25) is 4.99 Å². The number of guanidine groups is 1. The maximum Gasteiger partial charge on any atom is 0.250 e. The molecule has 0 aliphatic rings. The van der Waals surface area contributed by atoms with Crippen molar-refractivity contribution in [1.29, 1.82) is 0 Å². The van der Waals surface area contributed by atoms with Crippen LogP contribution in [-0.4, -0.2) is 41.1 Å². The highest BCUT2D eigenvalue weighted by Gasteiger charge is 2.21. The molecule has 0 aliphatic heterocycles. The van der Waals surface area contributed by atoms with Crippen molar-refractivity contribution in [3.63, 3.8) is 0 Å². The quantitative estimate of drug-likeness (QED) is 0.353. The maximum absolute atomic E-state index is 13.5. The van der Waals surface area contributed by atoms with Gasteiger partial charge in [0.2, 0.25) is 10.0 Å². The van der Waals surface area contributed by atoms with Gasteiger partial charge in [0.25, 0.3) is 0 Å². The van der Waals surface area contributed by atoms with Gasteiger partial charge in [-0.25, -0.2) is 17.5 Å². The molecule has 3 N–H and O–H groups in total. The van der Waals surface area contributed by atoms with Gasteiger partial charge in [0.15, 0.2) is 5.96 Å². The average molecular weight is 413 g/mol. The van der Waals surface area contributed by atoms with Crippen LogP contribution in [0.2, 0.25) is 0 Å². The van der Waals surface area contributed by atoms with E-state index in [0.29, 0.717) is 23.3 Å². The van der Waals surface area contributed by atoms with Crippen LogP contribution in [0.3, 0.4) is 0 Å². The van der Waals surface area contributed by atoms with Crippen molar-refractivity contribution in [3.8, 4) is 0 Å². The molecule has 0 atom stereocenters. The fourth-order valence-corrected chi connectivity index (χ4v) is 4.46. The Balaban J connectivity index is 1.80. The van der Waals surface area contributed by atoms with Crippen LogP contribution < -0.4 is 15.4 Å². The number of benzene rings is 1. The first-order chi connectivity index (χ1) is 12.7. The van der Waals surface area contributed by atoms with Crippen molar-refractivity contribution in [2.24, 2.45) is 4.99 Å². The lowest BCUT2D eigenvalue weighted by molar-refractivity contribution is 0.503. The van der Waals surface area contributed by atoms with E-state index in [2.05, 4.69) is 20.3 Å². The highest BCUT2D eigenvalue weighted by molar-refractivity contribution is 7.91. The normalized spacial score (nSPS) is 12.8. The lowest BCUT2D eigenvalue weighted by Crippen LogP contribution is -2.45. The molecule has 2 aromatic rings. The van der Waals surface area contributed by atoms with Gasteiger partial charge in [-0.1, -0.05) is 32.0 Å². The van der Waals surface area contributed by atoms with Crippen LogP contribution in [0.1, 0.15) is 19.4 Å². The molecule has 0 amide bonds. The fraction of sp³-hybridized carbons (Fsp3) is 0.389. The van der Waals surface area contributed by atoms with Gasteiger partial charge in [-0.05, 0) is 29.1 Å². The van der Waals surface area contributed by atoms with Gasteiger partial charge >= 0.3 is 0 Å². The zero-order valence-corrected chi connectivity index (χ0v) is 17.3. The maximum atomic E-state index is 13.5. The van der Waals surface area contributed by atoms with E-state index in [0.717, 1.165) is 5.56 Å². The number of halogens is 1. The monoisotopic (exact) mass is 412 g/mol. The lowest BCUT2D eigenvalue weighted by atomic mass is 9.84. The van der Waals surface area contributed by atoms with Crippen LogP contribution >= 0.6 is 11.3 Å². The standard InChI is InChI=1S/C18H25FN4O2S2/c1-18(2,14-6-4-7-15(19)12-14)13-22-17(20-3)21-9-10-23-27(24,25)16-8-5-11-26-16/h4-8,11-12,23H,9-10,13H2,1-3H3,(H2,20,21,22). The molecular formula is C18H25FN4O2S2. The number of nitrogens with zero attached hydrogens (tertiary/aromatic N) is 1. The molecule has 9 heteroatoms. The molecule has 2 rings (SSSR count). The average Bonchev–Trinajstić information content (AvgIpc) is 3.17. The number of hydrogen-bond donors (Lipinski definition) is 3. The first-order valence-corrected chi connectivity index (χ1v) is 10.8. The molecule has 1 heterocycles. The van der Waals surface area contributed by atoms with Gasteiger partial charge in [0.05, 0.1) is 0 Å². The van der Waals surface area contributed by atoms with Crippen LogP contribution in [0.25, 0.3) is 0 Å². The third-order valence-electron chi connectivity index (χ3n) is 4.00. The van der Waals surface area contributed by atoms with Crippen molar-refractivity contribution in [3.05, 3.63) is 53.2 Å². The third kappa shape index (κ3) is 6.30. The van der Waals surface area contributed by atoms with Crippen LogP contribution in [0.4, 0.5) is 4.39 Å². The van der Waals surface area contributed by atoms with Gasteiger partial charge < -0.3 is 10.6 Å². The zero-order chi connectivity index (χ0) is 19.9. The largest absolute Gasteiger partial charge is 0.356 e. The summed E-state index contributed by atoms with van der Waals surface area (Å²) in [4.78, 5) is 4.13. The minimum absolute atomic E-state index is 0.230. The summed E-state index contributed by atoms with van der Waals surface area (Å²) in [5.41, 5.74) is 0.578. The second-order valence-electron chi connectivity index (χ2n) is 6.58. The molecular weight excluding hydrogens is 387 g/mol. The molecule has 148 valence electrons. The second-order valence-corrected chi connectivity index (χ2v) is 9.52. The lowest BCUT2D eigenvalue weighted by Gasteiger charge is -2.26. The van der Waals surface area contributed by atoms with Crippen LogP contribution in [-0.2, 0) is 15.4 Å².